The van der Waals surface area contributed by atoms with Gasteiger partial charge in [0.05, 0.1) is 21.0 Å². The Morgan fingerprint density at radius 1 is 1.28 bits per heavy atom. The molecule has 1 rings (SSSR count). The number of nitrogens with one attached hydrogen (secondary N) is 1. The van der Waals surface area contributed by atoms with E-state index < -0.39 is 16.1 Å². The van der Waals surface area contributed by atoms with Crippen LogP contribution in [-0.4, -0.2) is 14.5 Å². The fourth-order valence-electron chi connectivity index (χ4n) is 1.24. The van der Waals surface area contributed by atoms with Gasteiger partial charge in [-0.2, -0.15) is 4.72 Å². The Balaban J connectivity index is 3.07. The van der Waals surface area contributed by atoms with Gasteiger partial charge in [-0.1, -0.05) is 43.0 Å². The van der Waals surface area contributed by atoms with Gasteiger partial charge in [0.15, 0.2) is 0 Å². The maximum absolute atomic E-state index is 12.1. The highest BCUT2D eigenvalue weighted by Gasteiger charge is 2.21. The van der Waals surface area contributed by atoms with Crippen LogP contribution in [0.25, 0.3) is 0 Å². The van der Waals surface area contributed by atoms with E-state index in [9.17, 15) is 8.42 Å². The monoisotopic (exact) mass is 305 g/mol. The number of rotatable bonds is 4. The molecule has 0 aliphatic rings. The number of hydrogen-bond donors (Lipinski definition) is 1. The van der Waals surface area contributed by atoms with Crippen molar-refractivity contribution in [3.63, 3.8) is 0 Å². The van der Waals surface area contributed by atoms with Gasteiger partial charge < -0.3 is 0 Å². The Kier molecular flexibility index (Phi) is 5.06. The third-order valence-electron chi connectivity index (χ3n) is 2.33. The lowest BCUT2D eigenvalue weighted by Gasteiger charge is -2.16. The summed E-state index contributed by atoms with van der Waals surface area (Å²) in [5, 5.41) is 0.481. The second kappa shape index (κ2) is 5.94. The number of sulfonamides is 1. The first-order valence-corrected chi connectivity index (χ1v) is 7.45. The molecule has 18 heavy (non-hydrogen) atoms. The lowest BCUT2D eigenvalue weighted by molar-refractivity contribution is 0.518. The van der Waals surface area contributed by atoms with Crippen molar-refractivity contribution in [1.29, 1.82) is 0 Å². The molecule has 0 saturated heterocycles. The van der Waals surface area contributed by atoms with Crippen LogP contribution in [0, 0.1) is 18.3 Å². The summed E-state index contributed by atoms with van der Waals surface area (Å²) in [5.41, 5.74) is 0. The van der Waals surface area contributed by atoms with E-state index >= 15 is 0 Å². The van der Waals surface area contributed by atoms with Crippen LogP contribution in [0.1, 0.15) is 13.8 Å². The first kappa shape index (κ1) is 15.3. The van der Waals surface area contributed by atoms with Gasteiger partial charge in [-0.3, -0.25) is 0 Å². The molecular formula is C12H13Cl2NO2S. The molecule has 0 heterocycles. The SMILES string of the molecule is C#CC(NS(=O)(=O)c1ccc(Cl)c(Cl)c1)C(C)C. The molecule has 0 fully saturated rings. The van der Waals surface area contributed by atoms with Crippen LogP contribution in [0.5, 0.6) is 0 Å². The van der Waals surface area contributed by atoms with Crippen LogP contribution < -0.4 is 4.72 Å². The Morgan fingerprint density at radius 2 is 1.89 bits per heavy atom. The zero-order chi connectivity index (χ0) is 13.9. The van der Waals surface area contributed by atoms with Crippen molar-refractivity contribution in [3.8, 4) is 12.3 Å². The van der Waals surface area contributed by atoms with E-state index in [0.717, 1.165) is 0 Å². The molecule has 1 atom stereocenters. The molecule has 0 spiro atoms. The molecule has 1 aromatic carbocycles. The number of halogens is 2. The minimum atomic E-state index is -3.69. The standard InChI is InChI=1S/C12H13Cl2NO2S/c1-4-12(8(2)3)15-18(16,17)9-5-6-10(13)11(14)7-9/h1,5-8,12,15H,2-3H3. The van der Waals surface area contributed by atoms with E-state index in [1.807, 2.05) is 13.8 Å². The predicted molar refractivity (Wildman–Crippen MR) is 74.2 cm³/mol. The van der Waals surface area contributed by atoms with E-state index in [4.69, 9.17) is 29.6 Å². The van der Waals surface area contributed by atoms with Crippen LogP contribution in [0.15, 0.2) is 23.1 Å². The Hall–Kier alpha value is -0.730. The highest BCUT2D eigenvalue weighted by molar-refractivity contribution is 7.89. The van der Waals surface area contributed by atoms with Crippen molar-refractivity contribution >= 4 is 33.2 Å². The minimum absolute atomic E-state index is 0.00690. The smallest absolute Gasteiger partial charge is 0.207 e. The molecule has 0 aliphatic heterocycles. The van der Waals surface area contributed by atoms with E-state index in [2.05, 4.69) is 10.6 Å². The van der Waals surface area contributed by atoms with Crippen LogP contribution >= 0.6 is 23.2 Å². The third kappa shape index (κ3) is 3.63. The summed E-state index contributed by atoms with van der Waals surface area (Å²) in [5.74, 6) is 2.40. The third-order valence-corrected chi connectivity index (χ3v) is 4.51. The molecule has 0 radical (unpaired) electrons. The molecule has 1 N–H and O–H groups in total. The van der Waals surface area contributed by atoms with Crippen LogP contribution in [0.3, 0.4) is 0 Å². The lowest BCUT2D eigenvalue weighted by Crippen LogP contribution is -2.37. The second-order valence-corrected chi connectivity index (χ2v) is 6.61. The van der Waals surface area contributed by atoms with E-state index in [-0.39, 0.29) is 15.8 Å². The van der Waals surface area contributed by atoms with Crippen molar-refractivity contribution in [1.82, 2.24) is 4.72 Å². The summed E-state index contributed by atoms with van der Waals surface area (Å²) in [6.45, 7) is 3.67. The maximum Gasteiger partial charge on any atom is 0.241 e. The molecule has 0 aromatic heterocycles. The predicted octanol–water partition coefficient (Wildman–Crippen LogP) is 2.93. The molecule has 1 aromatic rings. The summed E-state index contributed by atoms with van der Waals surface area (Å²) in [6.07, 6.45) is 5.29. The second-order valence-electron chi connectivity index (χ2n) is 4.09. The van der Waals surface area contributed by atoms with Crippen LogP contribution in [0.2, 0.25) is 10.0 Å². The number of terminal acetylenes is 1. The molecule has 6 heteroatoms. The van der Waals surface area contributed by atoms with E-state index in [1.165, 1.54) is 18.2 Å². The summed E-state index contributed by atoms with van der Waals surface area (Å²) >= 11 is 11.5. The first-order valence-electron chi connectivity index (χ1n) is 5.21. The highest BCUT2D eigenvalue weighted by Crippen LogP contribution is 2.25. The van der Waals surface area contributed by atoms with Gasteiger partial charge in [-0.15, -0.1) is 6.42 Å². The van der Waals surface area contributed by atoms with Gasteiger partial charge in [0, 0.05) is 0 Å². The summed E-state index contributed by atoms with van der Waals surface area (Å²) in [4.78, 5) is 0.0396. The fourth-order valence-corrected chi connectivity index (χ4v) is 2.94. The highest BCUT2D eigenvalue weighted by atomic mass is 35.5. The van der Waals surface area contributed by atoms with Crippen LogP contribution in [0.4, 0.5) is 0 Å². The Labute approximate surface area is 118 Å². The molecule has 0 aliphatic carbocycles. The summed E-state index contributed by atoms with van der Waals surface area (Å²) in [6, 6.07) is 3.54. The van der Waals surface area contributed by atoms with Gasteiger partial charge in [-0.05, 0) is 24.1 Å². The Bertz CT molecular complexity index is 576. The van der Waals surface area contributed by atoms with Crippen molar-refractivity contribution in [3.05, 3.63) is 28.2 Å². The number of benzene rings is 1. The van der Waals surface area contributed by atoms with Crippen LogP contribution in [-0.2, 0) is 10.0 Å². The van der Waals surface area contributed by atoms with Gasteiger partial charge >= 0.3 is 0 Å². The van der Waals surface area contributed by atoms with E-state index in [1.54, 1.807) is 0 Å². The summed E-state index contributed by atoms with van der Waals surface area (Å²) in [7, 11) is -3.69. The van der Waals surface area contributed by atoms with Crippen molar-refractivity contribution in [2.75, 3.05) is 0 Å². The number of hydrogen-bond acceptors (Lipinski definition) is 2. The minimum Gasteiger partial charge on any atom is -0.207 e. The quantitative estimate of drug-likeness (QED) is 0.869. The topological polar surface area (TPSA) is 46.2 Å². The molecule has 98 valence electrons. The van der Waals surface area contributed by atoms with E-state index in [0.29, 0.717) is 5.02 Å². The lowest BCUT2D eigenvalue weighted by atomic mass is 10.1. The molecule has 1 unspecified atom stereocenters. The van der Waals surface area contributed by atoms with Gasteiger partial charge in [0.2, 0.25) is 10.0 Å². The largest absolute Gasteiger partial charge is 0.241 e. The van der Waals surface area contributed by atoms with Crippen molar-refractivity contribution in [2.45, 2.75) is 24.8 Å². The molecular weight excluding hydrogens is 293 g/mol. The molecule has 3 nitrogen and oxygen atoms in total. The average molecular weight is 306 g/mol. The molecule has 0 amide bonds. The molecule has 0 saturated carbocycles. The van der Waals surface area contributed by atoms with Gasteiger partial charge in [0.25, 0.3) is 0 Å². The first-order chi connectivity index (χ1) is 8.27. The van der Waals surface area contributed by atoms with Crippen molar-refractivity contribution < 1.29 is 8.42 Å². The molecule has 0 bridgehead atoms. The zero-order valence-corrected chi connectivity index (χ0v) is 12.3. The Morgan fingerprint density at radius 3 is 2.33 bits per heavy atom. The summed E-state index contributed by atoms with van der Waals surface area (Å²) < 4.78 is 26.6. The zero-order valence-electron chi connectivity index (χ0n) is 9.94. The van der Waals surface area contributed by atoms with Gasteiger partial charge in [0.1, 0.15) is 0 Å². The maximum atomic E-state index is 12.1. The fraction of sp³-hybridized carbons (Fsp3) is 0.333. The van der Waals surface area contributed by atoms with Crippen molar-refractivity contribution in [2.24, 2.45) is 5.92 Å². The van der Waals surface area contributed by atoms with Gasteiger partial charge in [-0.25, -0.2) is 8.42 Å². The normalized spacial score (nSPS) is 13.3. The average Bonchev–Trinajstić information content (AvgIpc) is 2.29.